The van der Waals surface area contributed by atoms with E-state index >= 15 is 0 Å². The maximum absolute atomic E-state index is 11.8. The zero-order chi connectivity index (χ0) is 17.5. The molecule has 2 aromatic carbocycles. The van der Waals surface area contributed by atoms with E-state index in [0.29, 0.717) is 11.3 Å². The van der Waals surface area contributed by atoms with Gasteiger partial charge in [0.15, 0.2) is 0 Å². The largest absolute Gasteiger partial charge is 0.459 e. The molecule has 0 spiro atoms. The van der Waals surface area contributed by atoms with Gasteiger partial charge >= 0.3 is 5.97 Å². The summed E-state index contributed by atoms with van der Waals surface area (Å²) >= 11 is 0. The number of carbonyl (C=O) groups excluding carboxylic acids is 2. The summed E-state index contributed by atoms with van der Waals surface area (Å²) in [5.74, 6) is -0.676. The van der Waals surface area contributed by atoms with Crippen LogP contribution in [0.15, 0.2) is 48.5 Å². The Labute approximate surface area is 140 Å². The van der Waals surface area contributed by atoms with E-state index in [-0.39, 0.29) is 24.4 Å². The second-order valence-electron chi connectivity index (χ2n) is 5.49. The summed E-state index contributed by atoms with van der Waals surface area (Å²) in [6.45, 7) is 3.62. The molecule has 0 saturated carbocycles. The fourth-order valence-electron chi connectivity index (χ4n) is 2.10. The maximum Gasteiger partial charge on any atom is 0.338 e. The number of nitrogens with zero attached hydrogens (tertiary/aromatic N) is 1. The van der Waals surface area contributed by atoms with Crippen LogP contribution in [0.4, 0.5) is 5.69 Å². The van der Waals surface area contributed by atoms with Crippen molar-refractivity contribution < 1.29 is 14.3 Å². The second kappa shape index (κ2) is 7.93. The van der Waals surface area contributed by atoms with E-state index in [4.69, 9.17) is 10.00 Å². The van der Waals surface area contributed by atoms with E-state index < -0.39 is 0 Å². The monoisotopic (exact) mass is 322 g/mol. The Balaban J connectivity index is 2.08. The first-order valence-corrected chi connectivity index (χ1v) is 7.58. The van der Waals surface area contributed by atoms with Crippen molar-refractivity contribution in [1.29, 1.82) is 5.26 Å². The molecular weight excluding hydrogens is 304 g/mol. The highest BCUT2D eigenvalue weighted by molar-refractivity contribution is 5.92. The molecule has 1 amide bonds. The summed E-state index contributed by atoms with van der Waals surface area (Å²) in [5, 5.41) is 11.1. The number of hydrogen-bond donors (Lipinski definition) is 1. The highest BCUT2D eigenvalue weighted by atomic mass is 16.5. The summed E-state index contributed by atoms with van der Waals surface area (Å²) in [7, 11) is 0. The average Bonchev–Trinajstić information content (AvgIpc) is 2.55. The summed E-state index contributed by atoms with van der Waals surface area (Å²) in [5.41, 5.74) is 3.05. The van der Waals surface area contributed by atoms with Crippen LogP contribution in [0.2, 0.25) is 0 Å². The first kappa shape index (κ1) is 17.2. The van der Waals surface area contributed by atoms with Crippen LogP contribution in [0.5, 0.6) is 0 Å². The van der Waals surface area contributed by atoms with Gasteiger partial charge in [0.05, 0.1) is 17.7 Å². The van der Waals surface area contributed by atoms with Crippen LogP contribution >= 0.6 is 0 Å². The van der Waals surface area contributed by atoms with Crippen LogP contribution in [-0.4, -0.2) is 18.0 Å². The lowest BCUT2D eigenvalue weighted by Gasteiger charge is -2.09. The molecule has 0 atom stereocenters. The van der Waals surface area contributed by atoms with Crippen molar-refractivity contribution >= 4 is 17.6 Å². The summed E-state index contributed by atoms with van der Waals surface area (Å²) in [6.07, 6.45) is -0.323. The number of anilines is 1. The lowest BCUT2D eigenvalue weighted by molar-refractivity contribution is -0.115. The average molecular weight is 322 g/mol. The van der Waals surface area contributed by atoms with Crippen molar-refractivity contribution in [2.24, 2.45) is 0 Å². The SMILES string of the molecule is CC(C)OC(=O)c1ccc(-c2ccc(NC(=O)CC#N)cc2)cc1. The molecule has 0 aliphatic heterocycles. The topological polar surface area (TPSA) is 79.2 Å². The molecule has 0 saturated heterocycles. The minimum absolute atomic E-state index is 0.152. The number of hydrogen-bond acceptors (Lipinski definition) is 4. The number of nitriles is 1. The predicted octanol–water partition coefficient (Wildman–Crippen LogP) is 3.77. The Morgan fingerprint density at radius 2 is 1.58 bits per heavy atom. The molecular formula is C19H18N2O3. The number of rotatable bonds is 5. The third-order valence-electron chi connectivity index (χ3n) is 3.20. The molecule has 0 aliphatic rings. The Bertz CT molecular complexity index is 757. The van der Waals surface area contributed by atoms with Crippen molar-refractivity contribution in [1.82, 2.24) is 0 Å². The van der Waals surface area contributed by atoms with Crippen molar-refractivity contribution in [3.63, 3.8) is 0 Å². The number of amides is 1. The molecule has 5 heteroatoms. The van der Waals surface area contributed by atoms with Crippen molar-refractivity contribution in [2.75, 3.05) is 5.32 Å². The molecule has 0 unspecified atom stereocenters. The van der Waals surface area contributed by atoms with Gasteiger partial charge in [0, 0.05) is 5.69 Å². The van der Waals surface area contributed by atoms with Crippen LogP contribution < -0.4 is 5.32 Å². The van der Waals surface area contributed by atoms with E-state index in [9.17, 15) is 9.59 Å². The van der Waals surface area contributed by atoms with Crippen molar-refractivity contribution in [3.05, 3.63) is 54.1 Å². The zero-order valence-electron chi connectivity index (χ0n) is 13.6. The lowest BCUT2D eigenvalue weighted by Crippen LogP contribution is -2.11. The molecule has 2 aromatic rings. The molecule has 0 aromatic heterocycles. The van der Waals surface area contributed by atoms with E-state index in [1.807, 2.05) is 38.1 Å². The molecule has 1 N–H and O–H groups in total. The molecule has 0 fully saturated rings. The lowest BCUT2D eigenvalue weighted by atomic mass is 10.0. The van der Waals surface area contributed by atoms with E-state index in [0.717, 1.165) is 11.1 Å². The third kappa shape index (κ3) is 4.68. The molecule has 122 valence electrons. The quantitative estimate of drug-likeness (QED) is 0.850. The molecule has 0 aliphatic carbocycles. The van der Waals surface area contributed by atoms with Crippen LogP contribution in [0.3, 0.4) is 0 Å². The van der Waals surface area contributed by atoms with Crippen LogP contribution in [0, 0.1) is 11.3 Å². The Kier molecular flexibility index (Phi) is 5.69. The standard InChI is InChI=1S/C19H18N2O3/c1-13(2)24-19(23)16-5-3-14(4-6-16)15-7-9-17(10-8-15)21-18(22)11-12-20/h3-10,13H,11H2,1-2H3,(H,21,22). The van der Waals surface area contributed by atoms with Gasteiger partial charge in [0.2, 0.25) is 5.91 Å². The number of benzene rings is 2. The molecule has 0 bridgehead atoms. The van der Waals surface area contributed by atoms with Gasteiger partial charge in [-0.3, -0.25) is 4.79 Å². The predicted molar refractivity (Wildman–Crippen MR) is 91.3 cm³/mol. The smallest absolute Gasteiger partial charge is 0.338 e. The fourth-order valence-corrected chi connectivity index (χ4v) is 2.10. The highest BCUT2D eigenvalue weighted by Crippen LogP contribution is 2.22. The molecule has 0 heterocycles. The molecule has 5 nitrogen and oxygen atoms in total. The normalized spacial score (nSPS) is 10.1. The summed E-state index contributed by atoms with van der Waals surface area (Å²) in [4.78, 5) is 23.2. The number of nitrogens with one attached hydrogen (secondary N) is 1. The van der Waals surface area contributed by atoms with Gasteiger partial charge in [0.1, 0.15) is 6.42 Å². The first-order chi connectivity index (χ1) is 11.5. The number of carbonyl (C=O) groups is 2. The van der Waals surface area contributed by atoms with Crippen LogP contribution in [0.1, 0.15) is 30.6 Å². The fraction of sp³-hybridized carbons (Fsp3) is 0.211. The maximum atomic E-state index is 11.8. The zero-order valence-corrected chi connectivity index (χ0v) is 13.6. The van der Waals surface area contributed by atoms with Crippen molar-refractivity contribution in [2.45, 2.75) is 26.4 Å². The first-order valence-electron chi connectivity index (χ1n) is 7.58. The van der Waals surface area contributed by atoms with Gasteiger partial charge in [-0.25, -0.2) is 4.79 Å². The van der Waals surface area contributed by atoms with Gasteiger partial charge in [-0.1, -0.05) is 24.3 Å². The Morgan fingerprint density at radius 3 is 2.08 bits per heavy atom. The summed E-state index contributed by atoms with van der Waals surface area (Å²) < 4.78 is 5.15. The number of esters is 1. The third-order valence-corrected chi connectivity index (χ3v) is 3.20. The van der Waals surface area contributed by atoms with Gasteiger partial charge in [-0.2, -0.15) is 5.26 Å². The molecule has 24 heavy (non-hydrogen) atoms. The van der Waals surface area contributed by atoms with E-state index in [2.05, 4.69) is 5.32 Å². The van der Waals surface area contributed by atoms with Crippen molar-refractivity contribution in [3.8, 4) is 17.2 Å². The van der Waals surface area contributed by atoms with Gasteiger partial charge in [-0.15, -0.1) is 0 Å². The Hall–Kier alpha value is -3.13. The molecule has 2 rings (SSSR count). The van der Waals surface area contributed by atoms with Gasteiger partial charge in [-0.05, 0) is 49.2 Å². The van der Waals surface area contributed by atoms with Gasteiger partial charge < -0.3 is 10.1 Å². The van der Waals surface area contributed by atoms with E-state index in [1.165, 1.54) is 0 Å². The molecule has 0 radical (unpaired) electrons. The van der Waals surface area contributed by atoms with Crippen LogP contribution in [-0.2, 0) is 9.53 Å². The van der Waals surface area contributed by atoms with Gasteiger partial charge in [0.25, 0.3) is 0 Å². The Morgan fingerprint density at radius 1 is 1.04 bits per heavy atom. The second-order valence-corrected chi connectivity index (χ2v) is 5.49. The minimum Gasteiger partial charge on any atom is -0.459 e. The summed E-state index contributed by atoms with van der Waals surface area (Å²) in [6, 6.07) is 16.2. The van der Waals surface area contributed by atoms with Crippen LogP contribution in [0.25, 0.3) is 11.1 Å². The number of ether oxygens (including phenoxy) is 1. The van der Waals surface area contributed by atoms with E-state index in [1.54, 1.807) is 30.3 Å². The highest BCUT2D eigenvalue weighted by Gasteiger charge is 2.09. The minimum atomic E-state index is -0.341.